The van der Waals surface area contributed by atoms with Crippen molar-refractivity contribution in [2.45, 2.75) is 33.8 Å². The second-order valence-corrected chi connectivity index (χ2v) is 6.38. The van der Waals surface area contributed by atoms with Crippen molar-refractivity contribution in [1.82, 2.24) is 14.6 Å². The average Bonchev–Trinajstić information content (AvgIpc) is 2.94. The number of benzene rings is 1. The molecule has 6 heteroatoms. The highest BCUT2D eigenvalue weighted by Crippen LogP contribution is 2.18. The van der Waals surface area contributed by atoms with Crippen LogP contribution in [0.25, 0.3) is 4.96 Å². The third kappa shape index (κ3) is 2.87. The summed E-state index contributed by atoms with van der Waals surface area (Å²) in [6, 6.07) is 7.83. The Kier molecular flexibility index (Phi) is 3.94. The van der Waals surface area contributed by atoms with Crippen LogP contribution < -0.4 is 0 Å². The van der Waals surface area contributed by atoms with Crippen molar-refractivity contribution in [1.29, 1.82) is 0 Å². The van der Waals surface area contributed by atoms with E-state index < -0.39 is 0 Å². The zero-order valence-electron chi connectivity index (χ0n) is 12.8. The molecule has 0 aliphatic heterocycles. The second-order valence-electron chi connectivity index (χ2n) is 5.22. The number of hydrogen-bond donors (Lipinski definition) is 0. The molecule has 3 aromatic rings. The van der Waals surface area contributed by atoms with E-state index in [1.54, 1.807) is 4.52 Å². The molecule has 2 aromatic heterocycles. The topological polar surface area (TPSA) is 56.5 Å². The van der Waals surface area contributed by atoms with E-state index in [9.17, 15) is 4.79 Å². The number of carbonyl (C=O) groups is 1. The standard InChI is InChI=1S/C16H17N3O2S/c1-10-6-4-5-7-13(10)8-15(20)21-9-14-11(2)17-16-19(14)18-12(3)22-16/h4-7H,8-9H2,1-3H3. The SMILES string of the molecule is Cc1nn2c(COC(=O)Cc3ccccc3C)c(C)nc2s1. The van der Waals surface area contributed by atoms with E-state index in [0.29, 0.717) is 0 Å². The average molecular weight is 315 g/mol. The molecule has 5 nitrogen and oxygen atoms in total. The van der Waals surface area contributed by atoms with Gasteiger partial charge in [0.05, 0.1) is 12.1 Å². The van der Waals surface area contributed by atoms with Gasteiger partial charge in [-0.05, 0) is 31.9 Å². The van der Waals surface area contributed by atoms with Gasteiger partial charge in [-0.25, -0.2) is 9.50 Å². The number of hydrogen-bond acceptors (Lipinski definition) is 5. The molecule has 1 aromatic carbocycles. The maximum absolute atomic E-state index is 12.0. The fraction of sp³-hybridized carbons (Fsp3) is 0.312. The smallest absolute Gasteiger partial charge is 0.310 e. The van der Waals surface area contributed by atoms with Gasteiger partial charge in [0, 0.05) is 0 Å². The summed E-state index contributed by atoms with van der Waals surface area (Å²) < 4.78 is 7.17. The van der Waals surface area contributed by atoms with Crippen molar-refractivity contribution in [3.8, 4) is 0 Å². The van der Waals surface area contributed by atoms with Gasteiger partial charge in [0.25, 0.3) is 0 Å². The van der Waals surface area contributed by atoms with E-state index in [4.69, 9.17) is 4.74 Å². The Morgan fingerprint density at radius 1 is 1.27 bits per heavy atom. The van der Waals surface area contributed by atoms with E-state index >= 15 is 0 Å². The molecule has 2 heterocycles. The first-order chi connectivity index (χ1) is 10.5. The Labute approximate surface area is 132 Å². The molecule has 0 unspecified atom stereocenters. The molecule has 0 bridgehead atoms. The van der Waals surface area contributed by atoms with Crippen LogP contribution in [-0.2, 0) is 22.6 Å². The number of rotatable bonds is 4. The summed E-state index contributed by atoms with van der Waals surface area (Å²) in [5, 5.41) is 5.33. The highest BCUT2D eigenvalue weighted by Gasteiger charge is 2.15. The monoisotopic (exact) mass is 315 g/mol. The van der Waals surface area contributed by atoms with Crippen molar-refractivity contribution in [3.05, 3.63) is 51.8 Å². The molecule has 0 spiro atoms. The number of nitrogens with zero attached hydrogens (tertiary/aromatic N) is 3. The van der Waals surface area contributed by atoms with Gasteiger partial charge < -0.3 is 4.74 Å². The molecular weight excluding hydrogens is 298 g/mol. The predicted octanol–water partition coefficient (Wildman–Crippen LogP) is 3.00. The normalized spacial score (nSPS) is 11.0. The molecule has 0 N–H and O–H groups in total. The van der Waals surface area contributed by atoms with Crippen LogP contribution in [0.2, 0.25) is 0 Å². The Morgan fingerprint density at radius 3 is 2.82 bits per heavy atom. The van der Waals surface area contributed by atoms with E-state index in [0.717, 1.165) is 32.5 Å². The molecule has 22 heavy (non-hydrogen) atoms. The lowest BCUT2D eigenvalue weighted by Crippen LogP contribution is -2.10. The van der Waals surface area contributed by atoms with Crippen molar-refractivity contribution < 1.29 is 9.53 Å². The van der Waals surface area contributed by atoms with Gasteiger partial charge in [-0.3, -0.25) is 4.79 Å². The van der Waals surface area contributed by atoms with E-state index in [2.05, 4.69) is 10.1 Å². The first-order valence-corrected chi connectivity index (χ1v) is 7.88. The van der Waals surface area contributed by atoms with Gasteiger partial charge in [-0.15, -0.1) is 0 Å². The molecule has 0 aliphatic carbocycles. The fourth-order valence-electron chi connectivity index (χ4n) is 2.32. The summed E-state index contributed by atoms with van der Waals surface area (Å²) in [4.78, 5) is 17.3. The number of aromatic nitrogens is 3. The summed E-state index contributed by atoms with van der Waals surface area (Å²) in [5.74, 6) is -0.240. The van der Waals surface area contributed by atoms with Crippen molar-refractivity contribution in [2.24, 2.45) is 0 Å². The number of ether oxygens (including phenoxy) is 1. The first-order valence-electron chi connectivity index (χ1n) is 7.06. The van der Waals surface area contributed by atoms with Gasteiger partial charge >= 0.3 is 5.97 Å². The molecule has 0 saturated carbocycles. The van der Waals surface area contributed by atoms with Gasteiger partial charge in [-0.2, -0.15) is 5.10 Å². The summed E-state index contributed by atoms with van der Waals surface area (Å²) >= 11 is 1.53. The van der Waals surface area contributed by atoms with Gasteiger partial charge in [-0.1, -0.05) is 35.6 Å². The van der Waals surface area contributed by atoms with Crippen LogP contribution in [0.3, 0.4) is 0 Å². The fourth-order valence-corrected chi connectivity index (χ4v) is 3.12. The third-order valence-electron chi connectivity index (χ3n) is 3.56. The predicted molar refractivity (Wildman–Crippen MR) is 85.0 cm³/mol. The lowest BCUT2D eigenvalue weighted by molar-refractivity contribution is -0.144. The number of imidazole rings is 1. The molecule has 0 atom stereocenters. The summed E-state index contributed by atoms with van der Waals surface area (Å²) in [6.45, 7) is 6.02. The highest BCUT2D eigenvalue weighted by atomic mass is 32.1. The zero-order chi connectivity index (χ0) is 15.7. The Bertz CT molecular complexity index is 835. The highest BCUT2D eigenvalue weighted by molar-refractivity contribution is 7.16. The number of carbonyl (C=O) groups excluding carboxylic acids is 1. The van der Waals surface area contributed by atoms with E-state index in [1.807, 2.05) is 45.0 Å². The largest absolute Gasteiger partial charge is 0.459 e. The number of esters is 1. The van der Waals surface area contributed by atoms with Crippen LogP contribution in [0.1, 0.15) is 27.5 Å². The first kappa shape index (κ1) is 14.7. The third-order valence-corrected chi connectivity index (χ3v) is 4.39. The van der Waals surface area contributed by atoms with E-state index in [-0.39, 0.29) is 19.0 Å². The maximum atomic E-state index is 12.0. The summed E-state index contributed by atoms with van der Waals surface area (Å²) in [7, 11) is 0. The molecule has 114 valence electrons. The van der Waals surface area contributed by atoms with Gasteiger partial charge in [0.2, 0.25) is 4.96 Å². The van der Waals surface area contributed by atoms with Crippen LogP contribution in [-0.4, -0.2) is 20.6 Å². The Morgan fingerprint density at radius 2 is 2.05 bits per heavy atom. The van der Waals surface area contributed by atoms with Crippen LogP contribution in [0.15, 0.2) is 24.3 Å². The molecule has 3 rings (SSSR count). The summed E-state index contributed by atoms with van der Waals surface area (Å²) in [5.41, 5.74) is 3.77. The molecular formula is C16H17N3O2S. The molecule has 0 saturated heterocycles. The maximum Gasteiger partial charge on any atom is 0.310 e. The molecule has 0 aliphatic rings. The number of aryl methyl sites for hydroxylation is 3. The Hall–Kier alpha value is -2.21. The van der Waals surface area contributed by atoms with Crippen LogP contribution in [0.5, 0.6) is 0 Å². The minimum atomic E-state index is -0.240. The lowest BCUT2D eigenvalue weighted by atomic mass is 10.1. The Balaban J connectivity index is 1.70. The minimum Gasteiger partial charge on any atom is -0.459 e. The lowest BCUT2D eigenvalue weighted by Gasteiger charge is -2.06. The molecule has 0 radical (unpaired) electrons. The molecule has 0 fully saturated rings. The number of fused-ring (bicyclic) bond motifs is 1. The van der Waals surface area contributed by atoms with Crippen LogP contribution >= 0.6 is 11.3 Å². The minimum absolute atomic E-state index is 0.195. The van der Waals surface area contributed by atoms with Crippen LogP contribution in [0, 0.1) is 20.8 Å². The zero-order valence-corrected chi connectivity index (χ0v) is 13.6. The summed E-state index contributed by atoms with van der Waals surface area (Å²) in [6.07, 6.45) is 0.282. The van der Waals surface area contributed by atoms with Gasteiger partial charge in [0.15, 0.2) is 0 Å². The van der Waals surface area contributed by atoms with Crippen molar-refractivity contribution in [3.63, 3.8) is 0 Å². The molecule has 0 amide bonds. The van der Waals surface area contributed by atoms with Crippen molar-refractivity contribution >= 4 is 22.3 Å². The quantitative estimate of drug-likeness (QED) is 0.695. The van der Waals surface area contributed by atoms with Gasteiger partial charge in [0.1, 0.15) is 17.3 Å². The second kappa shape index (κ2) is 5.88. The van der Waals surface area contributed by atoms with Crippen molar-refractivity contribution in [2.75, 3.05) is 0 Å². The van der Waals surface area contributed by atoms with Crippen LogP contribution in [0.4, 0.5) is 0 Å². The van der Waals surface area contributed by atoms with E-state index in [1.165, 1.54) is 11.3 Å².